The van der Waals surface area contributed by atoms with E-state index in [2.05, 4.69) is 45.5 Å². The van der Waals surface area contributed by atoms with Crippen molar-refractivity contribution in [3.05, 3.63) is 93.8 Å². The van der Waals surface area contributed by atoms with Gasteiger partial charge in [0.05, 0.1) is 24.9 Å². The van der Waals surface area contributed by atoms with Crippen LogP contribution >= 0.6 is 0 Å². The van der Waals surface area contributed by atoms with Gasteiger partial charge in [-0.1, -0.05) is 26.5 Å². The van der Waals surface area contributed by atoms with Crippen LogP contribution in [0.5, 0.6) is 0 Å². The highest BCUT2D eigenvalue weighted by molar-refractivity contribution is 6.06. The van der Waals surface area contributed by atoms with Crippen LogP contribution in [-0.4, -0.2) is 97.7 Å². The number of ether oxygens (including phenoxy) is 1. The number of aryl methyl sites for hydroxylation is 1. The summed E-state index contributed by atoms with van der Waals surface area (Å²) in [5.41, 5.74) is 5.80. The number of nitrogens with one attached hydrogen (secondary N) is 2. The molecule has 298 valence electrons. The van der Waals surface area contributed by atoms with Gasteiger partial charge in [-0.2, -0.15) is 0 Å². The zero-order chi connectivity index (χ0) is 40.2. The Morgan fingerprint density at radius 2 is 1.88 bits per heavy atom. The van der Waals surface area contributed by atoms with E-state index in [0.29, 0.717) is 79.1 Å². The maximum Gasteiger partial charge on any atom is 0.293 e. The minimum absolute atomic E-state index is 0.00553. The molecule has 0 radical (unpaired) electrons. The minimum Gasteiger partial charge on any atom is -0.392 e. The third-order valence-electron chi connectivity index (χ3n) is 11.9. The summed E-state index contributed by atoms with van der Waals surface area (Å²) in [5, 5.41) is 16.8. The molecule has 0 spiro atoms. The van der Waals surface area contributed by atoms with Gasteiger partial charge < -0.3 is 34.5 Å². The molecule has 1 aliphatic carbocycles. The Morgan fingerprint density at radius 1 is 1.09 bits per heavy atom. The number of hydrogen-bond donors (Lipinski definition) is 3. The standard InChI is InChI=1S/C42H49N9O6/c1-6-36(53)45-31-18-26(7-8-29(31)35-22-49(23-37(54)48(35)5)27-10-15-57-16-11-27)44-38-41(56)47(4)21-32(46-38)28-9-12-43-39(30(28)24-52)51-14-13-50-33(40(51)55)17-25-19-42(2,3)20-34(25)50/h6-9,12,17-18,21,27,35,52H,1,10-11,13-16,19-20,22-24H2,2-5H3,(H,44,46)(H,45,53)/t35-/m0/s1. The van der Waals surface area contributed by atoms with E-state index in [1.54, 1.807) is 54.5 Å². The highest BCUT2D eigenvalue weighted by Gasteiger charge is 2.38. The van der Waals surface area contributed by atoms with Crippen LogP contribution in [0.4, 0.5) is 23.0 Å². The quantitative estimate of drug-likeness (QED) is 0.213. The van der Waals surface area contributed by atoms with Crippen molar-refractivity contribution in [1.82, 2.24) is 28.9 Å². The molecule has 0 unspecified atom stereocenters. The highest BCUT2D eigenvalue weighted by Crippen LogP contribution is 2.40. The van der Waals surface area contributed by atoms with E-state index in [1.165, 1.54) is 21.9 Å². The molecule has 15 heteroatoms. The molecule has 4 aliphatic rings. The average molecular weight is 776 g/mol. The SMILES string of the molecule is C=CC(=O)Nc1cc(Nc2nc(-c3ccnc(N4CCn5c(cc6c5CC(C)(C)C6)C4=O)c3CO)cn(C)c2=O)ccc1[C@@H]1CN(C2CCOCC2)CC(=O)N1C. The number of fused-ring (bicyclic) bond motifs is 3. The fourth-order valence-corrected chi connectivity index (χ4v) is 8.90. The molecule has 6 heterocycles. The number of piperazine rings is 1. The van der Waals surface area contributed by atoms with Crippen LogP contribution in [0.25, 0.3) is 11.3 Å². The van der Waals surface area contributed by atoms with Crippen molar-refractivity contribution in [2.75, 3.05) is 55.4 Å². The second-order valence-corrected chi connectivity index (χ2v) is 16.3. The lowest BCUT2D eigenvalue weighted by Gasteiger charge is -2.44. The predicted octanol–water partition coefficient (Wildman–Crippen LogP) is 3.78. The van der Waals surface area contributed by atoms with Gasteiger partial charge in [0.25, 0.3) is 11.5 Å². The Balaban J connectivity index is 1.10. The molecule has 15 nitrogen and oxygen atoms in total. The summed E-state index contributed by atoms with van der Waals surface area (Å²) in [6.45, 7) is 10.9. The van der Waals surface area contributed by atoms with Crippen molar-refractivity contribution in [3.8, 4) is 11.3 Å². The molecule has 3 aliphatic heterocycles. The number of anilines is 4. The third kappa shape index (κ3) is 7.15. The lowest BCUT2D eigenvalue weighted by atomic mass is 9.90. The fourth-order valence-electron chi connectivity index (χ4n) is 8.90. The molecule has 0 saturated carbocycles. The lowest BCUT2D eigenvalue weighted by molar-refractivity contribution is -0.140. The predicted molar refractivity (Wildman–Crippen MR) is 215 cm³/mol. The monoisotopic (exact) mass is 775 g/mol. The van der Waals surface area contributed by atoms with Crippen molar-refractivity contribution < 1.29 is 24.2 Å². The van der Waals surface area contributed by atoms with Crippen molar-refractivity contribution in [2.45, 2.75) is 64.8 Å². The Morgan fingerprint density at radius 3 is 2.63 bits per heavy atom. The number of hydrogen-bond acceptors (Lipinski definition) is 10. The van der Waals surface area contributed by atoms with Gasteiger partial charge in [-0.3, -0.25) is 29.0 Å². The van der Waals surface area contributed by atoms with E-state index >= 15 is 0 Å². The normalized spacial score (nSPS) is 19.7. The number of likely N-dealkylation sites (N-methyl/N-ethyl adjacent to an activating group) is 1. The lowest BCUT2D eigenvalue weighted by Crippen LogP contribution is -2.54. The first-order chi connectivity index (χ1) is 27.3. The van der Waals surface area contributed by atoms with Crippen molar-refractivity contribution in [3.63, 3.8) is 0 Å². The third-order valence-corrected chi connectivity index (χ3v) is 11.9. The van der Waals surface area contributed by atoms with Gasteiger partial charge in [-0.25, -0.2) is 9.97 Å². The van der Waals surface area contributed by atoms with E-state index in [4.69, 9.17) is 9.72 Å². The Kier molecular flexibility index (Phi) is 10.1. The number of aromatic nitrogens is 4. The number of aliphatic hydroxyl groups excluding tert-OH is 1. The maximum absolute atomic E-state index is 14.0. The van der Waals surface area contributed by atoms with E-state index < -0.39 is 18.1 Å². The Bertz CT molecular complexity index is 2340. The first-order valence-electron chi connectivity index (χ1n) is 19.5. The molecule has 3 aromatic heterocycles. The molecular formula is C42H49N9O6. The molecule has 1 atom stereocenters. The fraction of sp³-hybridized carbons (Fsp3) is 0.429. The van der Waals surface area contributed by atoms with Crippen LogP contribution in [-0.2, 0) is 47.4 Å². The summed E-state index contributed by atoms with van der Waals surface area (Å²) in [7, 11) is 3.39. The van der Waals surface area contributed by atoms with Crippen LogP contribution in [0.15, 0.2) is 60.2 Å². The summed E-state index contributed by atoms with van der Waals surface area (Å²) in [4.78, 5) is 68.4. The van der Waals surface area contributed by atoms with E-state index in [9.17, 15) is 24.3 Å². The molecular weight excluding hydrogens is 727 g/mol. The number of carbonyl (C=O) groups excluding carboxylic acids is 3. The molecule has 4 aromatic rings. The first-order valence-corrected chi connectivity index (χ1v) is 19.5. The summed E-state index contributed by atoms with van der Waals surface area (Å²) in [6, 6.07) is 8.94. The minimum atomic E-state index is -0.422. The largest absolute Gasteiger partial charge is 0.392 e. The zero-order valence-electron chi connectivity index (χ0n) is 32.9. The smallest absolute Gasteiger partial charge is 0.293 e. The molecule has 2 fully saturated rings. The Labute approximate surface area is 331 Å². The van der Waals surface area contributed by atoms with Crippen LogP contribution in [0.2, 0.25) is 0 Å². The molecule has 57 heavy (non-hydrogen) atoms. The van der Waals surface area contributed by atoms with Gasteiger partial charge in [0.1, 0.15) is 11.5 Å². The Hall–Kier alpha value is -5.64. The molecule has 3 N–H and O–H groups in total. The van der Waals surface area contributed by atoms with Crippen molar-refractivity contribution >= 4 is 40.7 Å². The number of benzene rings is 1. The molecule has 2 saturated heterocycles. The van der Waals surface area contributed by atoms with E-state index in [-0.39, 0.29) is 35.1 Å². The highest BCUT2D eigenvalue weighted by atomic mass is 16.5. The summed E-state index contributed by atoms with van der Waals surface area (Å²) in [6.07, 6.45) is 7.88. The molecule has 8 rings (SSSR count). The number of nitrogens with zero attached hydrogens (tertiary/aromatic N) is 7. The van der Waals surface area contributed by atoms with Gasteiger partial charge in [-0.05, 0) is 72.6 Å². The van der Waals surface area contributed by atoms with Crippen LogP contribution in [0.1, 0.15) is 65.6 Å². The number of rotatable bonds is 9. The van der Waals surface area contributed by atoms with E-state index in [1.807, 2.05) is 12.1 Å². The summed E-state index contributed by atoms with van der Waals surface area (Å²) < 4.78 is 9.09. The maximum atomic E-state index is 14.0. The van der Waals surface area contributed by atoms with Gasteiger partial charge >= 0.3 is 0 Å². The van der Waals surface area contributed by atoms with Gasteiger partial charge in [0.15, 0.2) is 5.82 Å². The second kappa shape index (κ2) is 15.0. The van der Waals surface area contributed by atoms with Crippen LogP contribution in [0, 0.1) is 5.41 Å². The summed E-state index contributed by atoms with van der Waals surface area (Å²) >= 11 is 0. The van der Waals surface area contributed by atoms with Gasteiger partial charge in [0, 0.05) is 93.6 Å². The second-order valence-electron chi connectivity index (χ2n) is 16.3. The van der Waals surface area contributed by atoms with Gasteiger partial charge in [0.2, 0.25) is 11.8 Å². The molecule has 1 aromatic carbocycles. The van der Waals surface area contributed by atoms with Crippen molar-refractivity contribution in [1.29, 1.82) is 0 Å². The van der Waals surface area contributed by atoms with Crippen LogP contribution < -0.4 is 21.1 Å². The molecule has 0 bridgehead atoms. The average Bonchev–Trinajstić information content (AvgIpc) is 3.69. The number of aliphatic hydroxyl groups is 1. The number of carbonyl (C=O) groups is 3. The van der Waals surface area contributed by atoms with Gasteiger partial charge in [-0.15, -0.1) is 0 Å². The first kappa shape index (κ1) is 38.2. The number of pyridine rings is 1. The zero-order valence-corrected chi connectivity index (χ0v) is 32.9. The topological polar surface area (TPSA) is 167 Å². The van der Waals surface area contributed by atoms with E-state index in [0.717, 1.165) is 31.2 Å². The van der Waals surface area contributed by atoms with Crippen molar-refractivity contribution in [2.24, 2.45) is 12.5 Å². The van der Waals surface area contributed by atoms with Crippen LogP contribution in [0.3, 0.4) is 0 Å². The number of amides is 3. The summed E-state index contributed by atoms with van der Waals surface area (Å²) in [5.74, 6) is -0.261. The molecule has 3 amide bonds.